The van der Waals surface area contributed by atoms with Gasteiger partial charge in [-0.05, 0) is 25.7 Å². The lowest BCUT2D eigenvalue weighted by Crippen LogP contribution is -1.67. The molecule has 0 aromatic carbocycles. The molecule has 0 amide bonds. The van der Waals surface area contributed by atoms with Crippen molar-refractivity contribution in [1.29, 1.82) is 5.26 Å². The molecule has 0 saturated carbocycles. The van der Waals surface area contributed by atoms with Crippen LogP contribution in [0.2, 0.25) is 0 Å². The topological polar surface area (TPSA) is 23.8 Å². The van der Waals surface area contributed by atoms with Gasteiger partial charge in [0.1, 0.15) is 0 Å². The maximum absolute atomic E-state index is 8.28. The van der Waals surface area contributed by atoms with E-state index in [0.29, 0.717) is 6.42 Å². The van der Waals surface area contributed by atoms with E-state index in [4.69, 9.17) is 5.26 Å². The molecule has 0 heterocycles. The Kier molecular flexibility index (Phi) is 11.6. The van der Waals surface area contributed by atoms with E-state index in [-0.39, 0.29) is 0 Å². The molecule has 0 aliphatic heterocycles. The highest BCUT2D eigenvalue weighted by molar-refractivity contribution is 4.97. The summed E-state index contributed by atoms with van der Waals surface area (Å²) in [4.78, 5) is 0. The summed E-state index contributed by atoms with van der Waals surface area (Å²) >= 11 is 0. The van der Waals surface area contributed by atoms with Crippen molar-refractivity contribution in [2.75, 3.05) is 0 Å². The van der Waals surface area contributed by atoms with Gasteiger partial charge in [-0.3, -0.25) is 0 Å². The first kappa shape index (κ1) is 13.7. The van der Waals surface area contributed by atoms with Crippen molar-refractivity contribution >= 4 is 0 Å². The molecule has 0 radical (unpaired) electrons. The van der Waals surface area contributed by atoms with E-state index in [2.05, 4.69) is 37.3 Å². The van der Waals surface area contributed by atoms with Gasteiger partial charge >= 0.3 is 0 Å². The Morgan fingerprint density at radius 1 is 0.867 bits per heavy atom. The van der Waals surface area contributed by atoms with Gasteiger partial charge in [0, 0.05) is 0 Å². The first-order chi connectivity index (χ1) is 7.41. The molecule has 0 bridgehead atoms. The summed E-state index contributed by atoms with van der Waals surface area (Å²) in [5, 5.41) is 8.28. The zero-order valence-electron chi connectivity index (χ0n) is 9.65. The minimum Gasteiger partial charge on any atom is -0.198 e. The summed E-state index contributed by atoms with van der Waals surface area (Å²) in [6.45, 7) is 2.19. The van der Waals surface area contributed by atoms with Crippen LogP contribution in [0.1, 0.15) is 45.4 Å². The highest BCUT2D eigenvalue weighted by Crippen LogP contribution is 1.97. The number of unbranched alkanes of at least 4 members (excludes halogenated alkanes) is 2. The van der Waals surface area contributed by atoms with Crippen molar-refractivity contribution in [3.8, 4) is 6.07 Å². The maximum atomic E-state index is 8.28. The molecule has 0 aliphatic carbocycles. The van der Waals surface area contributed by atoms with Crippen LogP contribution in [0.25, 0.3) is 0 Å². The molecule has 0 aromatic rings. The Hall–Kier alpha value is -1.29. The number of nitrogens with zero attached hydrogens (tertiary/aromatic N) is 1. The molecule has 1 nitrogen and oxygen atoms in total. The fourth-order valence-electron chi connectivity index (χ4n) is 1.12. The van der Waals surface area contributed by atoms with E-state index in [9.17, 15) is 0 Å². The first-order valence-electron chi connectivity index (χ1n) is 5.73. The van der Waals surface area contributed by atoms with Gasteiger partial charge in [-0.1, -0.05) is 49.8 Å². The molecule has 0 unspecified atom stereocenters. The third kappa shape index (κ3) is 12.7. The largest absolute Gasteiger partial charge is 0.198 e. The van der Waals surface area contributed by atoms with Gasteiger partial charge in [0.2, 0.25) is 0 Å². The summed E-state index contributed by atoms with van der Waals surface area (Å²) in [6.07, 6.45) is 18.9. The molecule has 15 heavy (non-hydrogen) atoms. The van der Waals surface area contributed by atoms with Crippen molar-refractivity contribution < 1.29 is 0 Å². The van der Waals surface area contributed by atoms with Gasteiger partial charge in [-0.15, -0.1) is 0 Å². The van der Waals surface area contributed by atoms with Crippen LogP contribution in [0, 0.1) is 11.3 Å². The van der Waals surface area contributed by atoms with Gasteiger partial charge in [-0.25, -0.2) is 0 Å². The van der Waals surface area contributed by atoms with Gasteiger partial charge in [0.05, 0.1) is 12.5 Å². The zero-order chi connectivity index (χ0) is 11.2. The lowest BCUT2D eigenvalue weighted by Gasteiger charge is -1.87. The van der Waals surface area contributed by atoms with Crippen LogP contribution in [-0.4, -0.2) is 0 Å². The van der Waals surface area contributed by atoms with E-state index in [1.165, 1.54) is 12.8 Å². The highest BCUT2D eigenvalue weighted by atomic mass is 14.2. The minimum atomic E-state index is 0.521. The van der Waals surface area contributed by atoms with E-state index < -0.39 is 0 Å². The van der Waals surface area contributed by atoms with Crippen LogP contribution < -0.4 is 0 Å². The fraction of sp³-hybridized carbons (Fsp3) is 0.500. The predicted octanol–water partition coefficient (Wildman–Crippen LogP) is 4.54. The number of hydrogen-bond acceptors (Lipinski definition) is 1. The molecule has 0 aromatic heterocycles. The van der Waals surface area contributed by atoms with E-state index in [1.807, 2.05) is 12.2 Å². The van der Waals surface area contributed by atoms with Crippen molar-refractivity contribution in [3.63, 3.8) is 0 Å². The molecule has 82 valence electrons. The maximum Gasteiger partial charge on any atom is 0.0663 e. The van der Waals surface area contributed by atoms with Crippen LogP contribution in [0.4, 0.5) is 0 Å². The smallest absolute Gasteiger partial charge is 0.0663 e. The molecule has 0 saturated heterocycles. The molecule has 0 spiro atoms. The Balaban J connectivity index is 3.28. The second-order valence-electron chi connectivity index (χ2n) is 3.38. The Labute approximate surface area is 93.8 Å². The Morgan fingerprint density at radius 3 is 2.13 bits per heavy atom. The second kappa shape index (κ2) is 12.7. The number of allylic oxidation sites excluding steroid dienone is 6. The molecule has 0 aliphatic rings. The standard InChI is InChI=1S/C14H21N/c1-2-3-4-5-6-7-8-9-10-11-12-13-14-15/h4-5,8-9,11-12H,2-3,6-7,10,13H2,1H3/b5-4+,9-8+,12-11+. The predicted molar refractivity (Wildman–Crippen MR) is 66.4 cm³/mol. The van der Waals surface area contributed by atoms with E-state index in [0.717, 1.165) is 19.3 Å². The molecule has 0 N–H and O–H groups in total. The normalized spacial score (nSPS) is 11.7. The molecular formula is C14H21N. The molecular weight excluding hydrogens is 182 g/mol. The summed E-state index contributed by atoms with van der Waals surface area (Å²) in [5.74, 6) is 0. The third-order valence-corrected chi connectivity index (χ3v) is 1.94. The van der Waals surface area contributed by atoms with Crippen molar-refractivity contribution in [2.24, 2.45) is 0 Å². The Morgan fingerprint density at radius 2 is 1.47 bits per heavy atom. The van der Waals surface area contributed by atoms with Crippen LogP contribution >= 0.6 is 0 Å². The second-order valence-corrected chi connectivity index (χ2v) is 3.38. The van der Waals surface area contributed by atoms with E-state index in [1.54, 1.807) is 0 Å². The number of rotatable bonds is 8. The molecule has 1 heteroatoms. The van der Waals surface area contributed by atoms with Gasteiger partial charge in [0.25, 0.3) is 0 Å². The van der Waals surface area contributed by atoms with Gasteiger partial charge < -0.3 is 0 Å². The van der Waals surface area contributed by atoms with Crippen molar-refractivity contribution in [1.82, 2.24) is 0 Å². The van der Waals surface area contributed by atoms with Crippen molar-refractivity contribution in [3.05, 3.63) is 36.5 Å². The third-order valence-electron chi connectivity index (χ3n) is 1.94. The highest BCUT2D eigenvalue weighted by Gasteiger charge is 1.77. The quantitative estimate of drug-likeness (QED) is 0.419. The summed E-state index contributed by atoms with van der Waals surface area (Å²) in [6, 6.07) is 2.08. The average Bonchev–Trinajstić information content (AvgIpc) is 2.26. The Bertz CT molecular complexity index is 241. The molecule has 0 atom stereocenters. The summed E-state index contributed by atoms with van der Waals surface area (Å²) in [5.41, 5.74) is 0. The molecule has 0 fully saturated rings. The van der Waals surface area contributed by atoms with Crippen LogP contribution in [0.5, 0.6) is 0 Å². The lowest BCUT2D eigenvalue weighted by molar-refractivity contribution is 0.943. The van der Waals surface area contributed by atoms with Crippen LogP contribution in [-0.2, 0) is 0 Å². The number of hydrogen-bond donors (Lipinski definition) is 0. The first-order valence-corrected chi connectivity index (χ1v) is 5.73. The van der Waals surface area contributed by atoms with Crippen LogP contribution in [0.3, 0.4) is 0 Å². The zero-order valence-corrected chi connectivity index (χ0v) is 9.65. The van der Waals surface area contributed by atoms with Crippen molar-refractivity contribution in [2.45, 2.75) is 45.4 Å². The SMILES string of the molecule is CCC/C=C/CC/C=C/C/C=C/CC#N. The fourth-order valence-corrected chi connectivity index (χ4v) is 1.12. The monoisotopic (exact) mass is 203 g/mol. The number of nitriles is 1. The molecule has 0 rings (SSSR count). The van der Waals surface area contributed by atoms with Gasteiger partial charge in [-0.2, -0.15) is 5.26 Å². The summed E-state index contributed by atoms with van der Waals surface area (Å²) < 4.78 is 0. The minimum absolute atomic E-state index is 0.521. The average molecular weight is 203 g/mol. The summed E-state index contributed by atoms with van der Waals surface area (Å²) in [7, 11) is 0. The lowest BCUT2D eigenvalue weighted by atomic mass is 10.2. The van der Waals surface area contributed by atoms with E-state index >= 15 is 0 Å². The van der Waals surface area contributed by atoms with Gasteiger partial charge in [0.15, 0.2) is 0 Å². The van der Waals surface area contributed by atoms with Crippen LogP contribution in [0.15, 0.2) is 36.5 Å².